The molecule has 4 nitrogen and oxygen atoms in total. The van der Waals surface area contributed by atoms with Crippen LogP contribution in [0.2, 0.25) is 0 Å². The van der Waals surface area contributed by atoms with Gasteiger partial charge in [-0.05, 0) is 72.2 Å². The van der Waals surface area contributed by atoms with Gasteiger partial charge in [0.1, 0.15) is 23.9 Å². The predicted molar refractivity (Wildman–Crippen MR) is 126 cm³/mol. The fourth-order valence-corrected chi connectivity index (χ4v) is 5.17. The number of hydrogen-bond acceptors (Lipinski definition) is 4. The van der Waals surface area contributed by atoms with Gasteiger partial charge in [-0.3, -0.25) is 4.90 Å². The van der Waals surface area contributed by atoms with Gasteiger partial charge in [0.2, 0.25) is 0 Å². The lowest BCUT2D eigenvalue weighted by molar-refractivity contribution is 0.116. The zero-order valence-corrected chi connectivity index (χ0v) is 18.6. The molecule has 3 aromatic carbocycles. The fourth-order valence-electron chi connectivity index (χ4n) is 5.17. The van der Waals surface area contributed by atoms with Crippen molar-refractivity contribution >= 4 is 0 Å². The number of rotatable bonds is 8. The van der Waals surface area contributed by atoms with Crippen molar-refractivity contribution in [1.82, 2.24) is 4.90 Å². The molecule has 172 valence electrons. The number of hydrogen-bond donors (Lipinski definition) is 1. The first-order chi connectivity index (χ1) is 16.1. The average molecular weight is 448 g/mol. The Morgan fingerprint density at radius 2 is 1.48 bits per heavy atom. The third-order valence-corrected chi connectivity index (χ3v) is 6.84. The highest BCUT2D eigenvalue weighted by Crippen LogP contribution is 2.40. The Morgan fingerprint density at radius 3 is 2.15 bits per heavy atom. The van der Waals surface area contributed by atoms with Crippen molar-refractivity contribution in [3.8, 4) is 11.5 Å². The van der Waals surface area contributed by atoms with Crippen molar-refractivity contribution in [1.29, 1.82) is 0 Å². The molecule has 0 radical (unpaired) electrons. The largest absolute Gasteiger partial charge is 0.490 e. The summed E-state index contributed by atoms with van der Waals surface area (Å²) in [4.78, 5) is 2.37. The first-order valence-electron chi connectivity index (χ1n) is 11.7. The number of aliphatic hydroxyl groups is 1. The molecule has 0 amide bonds. The lowest BCUT2D eigenvalue weighted by atomic mass is 10.0. The van der Waals surface area contributed by atoms with Crippen LogP contribution in [0.3, 0.4) is 0 Å². The van der Waals surface area contributed by atoms with E-state index in [1.807, 2.05) is 54.6 Å². The summed E-state index contributed by atoms with van der Waals surface area (Å²) in [7, 11) is 0. The van der Waals surface area contributed by atoms with Gasteiger partial charge < -0.3 is 14.6 Å². The van der Waals surface area contributed by atoms with E-state index in [1.165, 1.54) is 12.1 Å². The van der Waals surface area contributed by atoms with Crippen molar-refractivity contribution in [2.24, 2.45) is 11.8 Å². The molecular weight excluding hydrogens is 417 g/mol. The Kier molecular flexibility index (Phi) is 6.60. The summed E-state index contributed by atoms with van der Waals surface area (Å²) in [6, 6.07) is 24.1. The second kappa shape index (κ2) is 9.94. The minimum absolute atomic E-state index is 0.195. The molecule has 33 heavy (non-hydrogen) atoms. The highest BCUT2D eigenvalue weighted by atomic mass is 19.1. The highest BCUT2D eigenvalue weighted by Gasteiger charge is 2.42. The van der Waals surface area contributed by atoms with E-state index in [4.69, 9.17) is 9.47 Å². The second-order valence-corrected chi connectivity index (χ2v) is 9.26. The van der Waals surface area contributed by atoms with Gasteiger partial charge in [0, 0.05) is 19.6 Å². The molecule has 1 N–H and O–H groups in total. The lowest BCUT2D eigenvalue weighted by Gasteiger charge is -2.22. The maximum atomic E-state index is 13.1. The lowest BCUT2D eigenvalue weighted by Crippen LogP contribution is -2.28. The number of fused-ring (bicyclic) bond motifs is 1. The number of likely N-dealkylation sites (tertiary alicyclic amines) is 1. The number of nitrogens with zero attached hydrogens (tertiary/aromatic N) is 1. The third-order valence-electron chi connectivity index (χ3n) is 6.84. The Bertz CT molecular complexity index is 1010. The molecule has 2 fully saturated rings. The fraction of sp³-hybridized carbons (Fsp3) is 0.357. The second-order valence-electron chi connectivity index (χ2n) is 9.26. The topological polar surface area (TPSA) is 41.9 Å². The minimum atomic E-state index is -0.515. The molecule has 0 bridgehead atoms. The number of halogens is 1. The van der Waals surface area contributed by atoms with Crippen LogP contribution in [0.15, 0.2) is 78.9 Å². The van der Waals surface area contributed by atoms with Crippen LogP contribution in [-0.2, 0) is 6.61 Å². The highest BCUT2D eigenvalue weighted by molar-refractivity contribution is 5.29. The molecule has 3 aromatic rings. The van der Waals surface area contributed by atoms with Crippen LogP contribution in [0.5, 0.6) is 11.5 Å². The number of ether oxygens (including phenoxy) is 2. The van der Waals surface area contributed by atoms with Gasteiger partial charge in [-0.15, -0.1) is 0 Å². The average Bonchev–Trinajstić information content (AvgIpc) is 3.38. The van der Waals surface area contributed by atoms with Crippen LogP contribution in [0.1, 0.15) is 30.1 Å². The SMILES string of the molecule is OC(CN1C[C@H]2C[C@H](Oc3ccc(F)cc3)C[C@H]2C1)c1ccc(OCc2ccccc2)cc1. The molecule has 1 saturated heterocycles. The van der Waals surface area contributed by atoms with Crippen molar-refractivity contribution in [3.63, 3.8) is 0 Å². The van der Waals surface area contributed by atoms with Gasteiger partial charge >= 0.3 is 0 Å². The smallest absolute Gasteiger partial charge is 0.123 e. The van der Waals surface area contributed by atoms with Gasteiger partial charge in [0.05, 0.1) is 12.2 Å². The molecule has 1 aliphatic heterocycles. The van der Waals surface area contributed by atoms with Gasteiger partial charge in [-0.1, -0.05) is 42.5 Å². The Hall–Kier alpha value is -2.89. The van der Waals surface area contributed by atoms with Gasteiger partial charge in [0.25, 0.3) is 0 Å². The quantitative estimate of drug-likeness (QED) is 0.514. The van der Waals surface area contributed by atoms with E-state index >= 15 is 0 Å². The van der Waals surface area contributed by atoms with Crippen LogP contribution in [0.25, 0.3) is 0 Å². The van der Waals surface area contributed by atoms with Crippen molar-refractivity contribution in [2.45, 2.75) is 31.7 Å². The first-order valence-corrected chi connectivity index (χ1v) is 11.7. The van der Waals surface area contributed by atoms with E-state index in [1.54, 1.807) is 12.1 Å². The van der Waals surface area contributed by atoms with E-state index in [0.717, 1.165) is 48.6 Å². The van der Waals surface area contributed by atoms with E-state index in [2.05, 4.69) is 4.90 Å². The number of β-amino-alcohol motifs (C(OH)–C–C–N with tert-alkyl or cyclic N) is 1. The molecule has 1 aliphatic carbocycles. The van der Waals surface area contributed by atoms with Crippen molar-refractivity contribution < 1.29 is 19.0 Å². The van der Waals surface area contributed by atoms with Crippen LogP contribution in [0, 0.1) is 17.7 Å². The monoisotopic (exact) mass is 447 g/mol. The molecule has 0 aromatic heterocycles. The Balaban J connectivity index is 1.08. The number of aliphatic hydroxyl groups excluding tert-OH is 1. The normalized spacial score (nSPS) is 23.3. The Morgan fingerprint density at radius 1 is 0.848 bits per heavy atom. The molecule has 2 aliphatic rings. The van der Waals surface area contributed by atoms with Crippen molar-refractivity contribution in [3.05, 3.63) is 95.8 Å². The van der Waals surface area contributed by atoms with Gasteiger partial charge in [-0.2, -0.15) is 0 Å². The van der Waals surface area contributed by atoms with Crippen LogP contribution in [0.4, 0.5) is 4.39 Å². The first kappa shape index (κ1) is 21.9. The summed E-state index contributed by atoms with van der Waals surface area (Å²) in [6.07, 6.45) is 1.71. The molecule has 1 unspecified atom stereocenters. The minimum Gasteiger partial charge on any atom is -0.490 e. The van der Waals surface area contributed by atoms with Crippen molar-refractivity contribution in [2.75, 3.05) is 19.6 Å². The summed E-state index contributed by atoms with van der Waals surface area (Å²) < 4.78 is 25.0. The van der Waals surface area contributed by atoms with E-state index in [0.29, 0.717) is 25.0 Å². The standard InChI is InChI=1S/C28H30FNO3/c29-24-8-12-26(13-9-24)33-27-14-22-16-30(17-23(22)15-27)18-28(31)21-6-10-25(11-7-21)32-19-20-4-2-1-3-5-20/h1-13,22-23,27-28,31H,14-19H2/t22-,23+,27+,28?. The summed E-state index contributed by atoms with van der Waals surface area (Å²) in [5.41, 5.74) is 2.04. The zero-order valence-electron chi connectivity index (χ0n) is 18.6. The molecular formula is C28H30FNO3. The molecule has 1 heterocycles. The maximum absolute atomic E-state index is 13.1. The zero-order chi connectivity index (χ0) is 22.6. The van der Waals surface area contributed by atoms with E-state index < -0.39 is 6.10 Å². The molecule has 0 spiro atoms. The van der Waals surface area contributed by atoms with Crippen LogP contribution >= 0.6 is 0 Å². The third kappa shape index (κ3) is 5.55. The molecule has 4 atom stereocenters. The van der Waals surface area contributed by atoms with Crippen LogP contribution < -0.4 is 9.47 Å². The summed E-state index contributed by atoms with van der Waals surface area (Å²) >= 11 is 0. The van der Waals surface area contributed by atoms with E-state index in [-0.39, 0.29) is 11.9 Å². The summed E-state index contributed by atoms with van der Waals surface area (Å²) in [6.45, 7) is 3.15. The predicted octanol–water partition coefficient (Wildman–Crippen LogP) is 5.23. The molecule has 5 heteroatoms. The Labute approximate surface area is 194 Å². The number of benzene rings is 3. The van der Waals surface area contributed by atoms with Gasteiger partial charge in [-0.25, -0.2) is 4.39 Å². The van der Waals surface area contributed by atoms with E-state index in [9.17, 15) is 9.50 Å². The summed E-state index contributed by atoms with van der Waals surface area (Å²) in [5.74, 6) is 2.49. The molecule has 5 rings (SSSR count). The maximum Gasteiger partial charge on any atom is 0.123 e. The molecule has 1 saturated carbocycles. The summed E-state index contributed by atoms with van der Waals surface area (Å²) in [5, 5.41) is 10.8. The van der Waals surface area contributed by atoms with Gasteiger partial charge in [0.15, 0.2) is 0 Å². The van der Waals surface area contributed by atoms with Crippen LogP contribution in [-0.4, -0.2) is 35.7 Å².